The first-order chi connectivity index (χ1) is 19.8. The van der Waals surface area contributed by atoms with Crippen LogP contribution in [0.3, 0.4) is 0 Å². The molecule has 4 aromatic rings. The summed E-state index contributed by atoms with van der Waals surface area (Å²) in [5.41, 5.74) is 13.9. The van der Waals surface area contributed by atoms with Gasteiger partial charge in [-0.05, 0) is 68.4 Å². The summed E-state index contributed by atoms with van der Waals surface area (Å²) in [5, 5.41) is 3.96. The van der Waals surface area contributed by atoms with Gasteiger partial charge < -0.3 is 30.0 Å². The molecule has 1 atom stereocenters. The average molecular weight is 554 g/mol. The summed E-state index contributed by atoms with van der Waals surface area (Å²) in [5.74, 6) is 0.730. The molecule has 2 amide bonds. The molecular weight excluding hydrogens is 518 g/mol. The van der Waals surface area contributed by atoms with Gasteiger partial charge in [-0.3, -0.25) is 9.59 Å². The maximum absolute atomic E-state index is 13.8. The standard InChI is InChI=1S/C32H35N5O4/c1-19-20(2)37(31-29(19)30(33)23-11-7-8-12-24(23)35-31)17-28(38)34-25(15-21-9-5-4-6-10-21)32(39)36(3)22-13-14-26-27(16-22)41-18-40-26/h4-6,9-10,13-14,16,25H,7-8,11-12,15,17-18H2,1-3H3,(H2,33,35)(H,34,38). The van der Waals surface area contributed by atoms with Crippen LogP contribution in [0.1, 0.15) is 40.9 Å². The first kappa shape index (κ1) is 26.7. The molecule has 41 heavy (non-hydrogen) atoms. The van der Waals surface area contributed by atoms with Crippen molar-refractivity contribution in [3.05, 3.63) is 76.6 Å². The highest BCUT2D eigenvalue weighted by Gasteiger charge is 2.28. The van der Waals surface area contributed by atoms with E-state index in [4.69, 9.17) is 20.2 Å². The van der Waals surface area contributed by atoms with Crippen molar-refractivity contribution in [3.8, 4) is 11.5 Å². The summed E-state index contributed by atoms with van der Waals surface area (Å²) >= 11 is 0. The zero-order valence-electron chi connectivity index (χ0n) is 23.7. The summed E-state index contributed by atoms with van der Waals surface area (Å²) < 4.78 is 12.8. The Bertz CT molecular complexity index is 1650. The minimum Gasteiger partial charge on any atom is -0.454 e. The number of nitrogen functional groups attached to an aromatic ring is 1. The fraction of sp³-hybridized carbons (Fsp3) is 0.344. The monoisotopic (exact) mass is 553 g/mol. The van der Waals surface area contributed by atoms with Crippen LogP contribution < -0.4 is 25.4 Å². The van der Waals surface area contributed by atoms with Gasteiger partial charge in [0.15, 0.2) is 11.5 Å². The van der Waals surface area contributed by atoms with Gasteiger partial charge in [-0.15, -0.1) is 0 Å². The molecular formula is C32H35N5O4. The molecule has 0 saturated carbocycles. The molecule has 2 aliphatic rings. The van der Waals surface area contributed by atoms with E-state index in [1.165, 1.54) is 0 Å². The molecule has 9 heteroatoms. The van der Waals surface area contributed by atoms with Crippen molar-refractivity contribution in [2.75, 3.05) is 24.5 Å². The molecule has 0 spiro atoms. The second-order valence-corrected chi connectivity index (χ2v) is 10.9. The Morgan fingerprint density at radius 3 is 2.63 bits per heavy atom. The largest absolute Gasteiger partial charge is 0.454 e. The van der Waals surface area contributed by atoms with Crippen LogP contribution in [0.5, 0.6) is 11.5 Å². The Kier molecular flexibility index (Phi) is 7.03. The first-order valence-corrected chi connectivity index (χ1v) is 14.1. The van der Waals surface area contributed by atoms with Crippen molar-refractivity contribution in [1.82, 2.24) is 14.9 Å². The molecule has 0 bridgehead atoms. The van der Waals surface area contributed by atoms with Crippen molar-refractivity contribution in [2.24, 2.45) is 0 Å². The molecule has 0 saturated heterocycles. The third kappa shape index (κ3) is 4.96. The Morgan fingerprint density at radius 1 is 1.07 bits per heavy atom. The fourth-order valence-electron chi connectivity index (χ4n) is 5.95. The van der Waals surface area contributed by atoms with Gasteiger partial charge in [0.1, 0.15) is 18.2 Å². The second-order valence-electron chi connectivity index (χ2n) is 10.9. The topological polar surface area (TPSA) is 112 Å². The van der Waals surface area contributed by atoms with Gasteiger partial charge in [-0.2, -0.15) is 0 Å². The Hall–Kier alpha value is -4.53. The predicted octanol–water partition coefficient (Wildman–Crippen LogP) is 4.23. The van der Waals surface area contributed by atoms with Crippen molar-refractivity contribution in [3.63, 3.8) is 0 Å². The average Bonchev–Trinajstić information content (AvgIpc) is 3.55. The third-order valence-electron chi connectivity index (χ3n) is 8.37. The molecule has 212 valence electrons. The SMILES string of the molecule is Cc1c(C)n(CC(=O)NC(Cc2ccccc2)C(=O)N(C)c2ccc3c(c2)OCO3)c2nc3c(c(N)c12)CCCC3. The number of fused-ring (bicyclic) bond motifs is 3. The van der Waals surface area contributed by atoms with E-state index >= 15 is 0 Å². The molecule has 1 aliphatic heterocycles. The summed E-state index contributed by atoms with van der Waals surface area (Å²) in [7, 11) is 1.70. The number of aromatic nitrogens is 2. The lowest BCUT2D eigenvalue weighted by molar-refractivity contribution is -0.127. The normalized spacial score (nSPS) is 14.5. The van der Waals surface area contributed by atoms with E-state index in [1.54, 1.807) is 24.1 Å². The number of carbonyl (C=O) groups excluding carboxylic acids is 2. The second kappa shape index (κ2) is 10.8. The number of nitrogens with zero attached hydrogens (tertiary/aromatic N) is 3. The molecule has 3 heterocycles. The first-order valence-electron chi connectivity index (χ1n) is 14.1. The van der Waals surface area contributed by atoms with Gasteiger partial charge >= 0.3 is 0 Å². The summed E-state index contributed by atoms with van der Waals surface area (Å²) in [4.78, 5) is 34.0. The van der Waals surface area contributed by atoms with Crippen molar-refractivity contribution >= 4 is 34.2 Å². The molecule has 2 aromatic heterocycles. The minimum atomic E-state index is -0.783. The summed E-state index contributed by atoms with van der Waals surface area (Å²) in [6.45, 7) is 4.21. The van der Waals surface area contributed by atoms with Gasteiger partial charge in [0.05, 0.1) is 0 Å². The van der Waals surface area contributed by atoms with Gasteiger partial charge in [-0.1, -0.05) is 30.3 Å². The van der Waals surface area contributed by atoms with Gasteiger partial charge in [-0.25, -0.2) is 4.98 Å². The van der Waals surface area contributed by atoms with E-state index in [1.807, 2.05) is 54.8 Å². The summed E-state index contributed by atoms with van der Waals surface area (Å²) in [6, 6.07) is 14.3. The summed E-state index contributed by atoms with van der Waals surface area (Å²) in [6.07, 6.45) is 4.38. The van der Waals surface area contributed by atoms with Crippen LogP contribution in [0.4, 0.5) is 11.4 Å². The molecule has 6 rings (SSSR count). The number of amides is 2. The Morgan fingerprint density at radius 2 is 1.83 bits per heavy atom. The highest BCUT2D eigenvalue weighted by atomic mass is 16.7. The van der Waals surface area contributed by atoms with Crippen LogP contribution in [-0.4, -0.2) is 41.2 Å². The fourth-order valence-corrected chi connectivity index (χ4v) is 5.95. The van der Waals surface area contributed by atoms with Crippen molar-refractivity contribution < 1.29 is 19.1 Å². The van der Waals surface area contributed by atoms with Crippen LogP contribution in [0, 0.1) is 13.8 Å². The quantitative estimate of drug-likeness (QED) is 0.354. The predicted molar refractivity (Wildman–Crippen MR) is 158 cm³/mol. The molecule has 1 unspecified atom stereocenters. The number of likely N-dealkylation sites (N-methyl/N-ethyl adjacent to an activating group) is 1. The van der Waals surface area contributed by atoms with Crippen LogP contribution in [0.2, 0.25) is 0 Å². The van der Waals surface area contributed by atoms with E-state index < -0.39 is 6.04 Å². The third-order valence-corrected chi connectivity index (χ3v) is 8.37. The number of rotatable bonds is 7. The number of benzene rings is 2. The maximum Gasteiger partial charge on any atom is 0.249 e. The van der Waals surface area contributed by atoms with E-state index in [9.17, 15) is 9.59 Å². The number of pyridine rings is 1. The number of hydrogen-bond donors (Lipinski definition) is 2. The molecule has 0 radical (unpaired) electrons. The van der Waals surface area contributed by atoms with E-state index in [0.29, 0.717) is 23.6 Å². The maximum atomic E-state index is 13.8. The van der Waals surface area contributed by atoms with Crippen LogP contribution >= 0.6 is 0 Å². The Labute approximate surface area is 239 Å². The smallest absolute Gasteiger partial charge is 0.249 e. The molecule has 3 N–H and O–H groups in total. The van der Waals surface area contributed by atoms with Crippen LogP contribution in [0.15, 0.2) is 48.5 Å². The lowest BCUT2D eigenvalue weighted by Crippen LogP contribution is -2.49. The van der Waals surface area contributed by atoms with Crippen LogP contribution in [-0.2, 0) is 35.4 Å². The van der Waals surface area contributed by atoms with Gasteiger partial charge in [0.2, 0.25) is 18.6 Å². The molecule has 1 aliphatic carbocycles. The van der Waals surface area contributed by atoms with E-state index in [0.717, 1.165) is 70.5 Å². The Balaban J connectivity index is 1.28. The van der Waals surface area contributed by atoms with Crippen molar-refractivity contribution in [2.45, 2.75) is 58.5 Å². The van der Waals surface area contributed by atoms with Gasteiger partial charge in [0, 0.05) is 47.7 Å². The number of anilines is 2. The molecule has 2 aromatic carbocycles. The zero-order chi connectivity index (χ0) is 28.7. The van der Waals surface area contributed by atoms with Crippen molar-refractivity contribution in [1.29, 1.82) is 0 Å². The molecule has 9 nitrogen and oxygen atoms in total. The number of hydrogen-bond acceptors (Lipinski definition) is 6. The highest BCUT2D eigenvalue weighted by Crippen LogP contribution is 2.36. The highest BCUT2D eigenvalue weighted by molar-refractivity contribution is 6.00. The van der Waals surface area contributed by atoms with E-state index in [2.05, 4.69) is 5.32 Å². The lowest BCUT2D eigenvalue weighted by atomic mass is 9.93. The zero-order valence-corrected chi connectivity index (χ0v) is 23.7. The number of nitrogens with one attached hydrogen (secondary N) is 1. The van der Waals surface area contributed by atoms with Crippen LogP contribution in [0.25, 0.3) is 11.0 Å². The number of carbonyl (C=O) groups is 2. The lowest BCUT2D eigenvalue weighted by Gasteiger charge is -2.25. The number of ether oxygens (including phenoxy) is 2. The number of nitrogens with two attached hydrogens (primary N) is 1. The number of aryl methyl sites for hydroxylation is 2. The minimum absolute atomic E-state index is 0.0354. The van der Waals surface area contributed by atoms with Gasteiger partial charge in [0.25, 0.3) is 0 Å². The van der Waals surface area contributed by atoms with E-state index in [-0.39, 0.29) is 25.2 Å². The molecule has 0 fully saturated rings.